The standard InChI is InChI=1S/C15H17ClN2O2/c1-5-20-15(19)10-8-17-13-9(2)6-7-11(16)12(13)14(10)18(3)4/h6-8H,5H2,1-4H3. The van der Waals surface area contributed by atoms with Crippen molar-refractivity contribution in [1.82, 2.24) is 4.98 Å². The molecule has 0 aliphatic rings. The Kier molecular flexibility index (Phi) is 4.14. The Bertz CT molecular complexity index is 668. The van der Waals surface area contributed by atoms with E-state index < -0.39 is 0 Å². The number of carbonyl (C=O) groups excluding carboxylic acids is 1. The van der Waals surface area contributed by atoms with E-state index in [1.165, 1.54) is 0 Å². The van der Waals surface area contributed by atoms with E-state index in [4.69, 9.17) is 16.3 Å². The summed E-state index contributed by atoms with van der Waals surface area (Å²) in [6.45, 7) is 4.07. The number of rotatable bonds is 3. The van der Waals surface area contributed by atoms with E-state index in [1.54, 1.807) is 13.1 Å². The number of hydrogen-bond donors (Lipinski definition) is 0. The number of esters is 1. The maximum absolute atomic E-state index is 12.1. The Morgan fingerprint density at radius 1 is 1.40 bits per heavy atom. The van der Waals surface area contributed by atoms with Gasteiger partial charge in [-0.15, -0.1) is 0 Å². The molecule has 1 aromatic carbocycles. The monoisotopic (exact) mass is 292 g/mol. The SMILES string of the molecule is CCOC(=O)c1cnc2c(C)ccc(Cl)c2c1N(C)C. The third-order valence-corrected chi connectivity index (χ3v) is 3.40. The van der Waals surface area contributed by atoms with Gasteiger partial charge in [-0.2, -0.15) is 0 Å². The molecular formula is C15H17ClN2O2. The number of carbonyl (C=O) groups is 1. The predicted octanol–water partition coefficient (Wildman–Crippen LogP) is 3.44. The lowest BCUT2D eigenvalue weighted by atomic mass is 10.1. The van der Waals surface area contributed by atoms with Crippen molar-refractivity contribution in [2.24, 2.45) is 0 Å². The topological polar surface area (TPSA) is 42.4 Å². The van der Waals surface area contributed by atoms with Crippen LogP contribution in [0.25, 0.3) is 10.9 Å². The number of hydrogen-bond acceptors (Lipinski definition) is 4. The van der Waals surface area contributed by atoms with Crippen LogP contribution in [0, 0.1) is 6.92 Å². The van der Waals surface area contributed by atoms with Crippen LogP contribution in [0.4, 0.5) is 5.69 Å². The maximum atomic E-state index is 12.1. The summed E-state index contributed by atoms with van der Waals surface area (Å²) in [5, 5.41) is 1.36. The van der Waals surface area contributed by atoms with Crippen LogP contribution in [0.2, 0.25) is 5.02 Å². The zero-order valence-electron chi connectivity index (χ0n) is 12.0. The Morgan fingerprint density at radius 2 is 2.10 bits per heavy atom. The molecule has 5 heteroatoms. The van der Waals surface area contributed by atoms with Gasteiger partial charge in [-0.1, -0.05) is 17.7 Å². The van der Waals surface area contributed by atoms with Crippen LogP contribution in [0.3, 0.4) is 0 Å². The fourth-order valence-electron chi connectivity index (χ4n) is 2.21. The number of nitrogens with zero attached hydrogens (tertiary/aromatic N) is 2. The minimum atomic E-state index is -0.386. The summed E-state index contributed by atoms with van der Waals surface area (Å²) in [4.78, 5) is 18.3. The van der Waals surface area contributed by atoms with Crippen molar-refractivity contribution in [2.45, 2.75) is 13.8 Å². The van der Waals surface area contributed by atoms with E-state index in [0.717, 1.165) is 22.2 Å². The smallest absolute Gasteiger partial charge is 0.341 e. The maximum Gasteiger partial charge on any atom is 0.341 e. The number of benzene rings is 1. The molecule has 0 amide bonds. The van der Waals surface area contributed by atoms with Gasteiger partial charge in [0.1, 0.15) is 5.56 Å². The quantitative estimate of drug-likeness (QED) is 0.813. The predicted molar refractivity (Wildman–Crippen MR) is 81.8 cm³/mol. The molecule has 2 rings (SSSR count). The molecule has 0 saturated heterocycles. The Labute approximate surface area is 123 Å². The highest BCUT2D eigenvalue weighted by Gasteiger charge is 2.20. The molecule has 0 radical (unpaired) electrons. The van der Waals surface area contributed by atoms with Gasteiger partial charge < -0.3 is 9.64 Å². The summed E-state index contributed by atoms with van der Waals surface area (Å²) in [6.07, 6.45) is 1.55. The second kappa shape index (κ2) is 5.67. The second-order valence-electron chi connectivity index (χ2n) is 4.72. The fraction of sp³-hybridized carbons (Fsp3) is 0.333. The van der Waals surface area contributed by atoms with Gasteiger partial charge in [-0.05, 0) is 25.5 Å². The minimum Gasteiger partial charge on any atom is -0.462 e. The zero-order valence-corrected chi connectivity index (χ0v) is 12.8. The van der Waals surface area contributed by atoms with Crippen LogP contribution >= 0.6 is 11.6 Å². The van der Waals surface area contributed by atoms with Crippen molar-refractivity contribution in [3.8, 4) is 0 Å². The van der Waals surface area contributed by atoms with Crippen molar-refractivity contribution >= 4 is 34.2 Å². The summed E-state index contributed by atoms with van der Waals surface area (Å²) in [6, 6.07) is 3.74. The van der Waals surface area contributed by atoms with Crippen LogP contribution in [0.5, 0.6) is 0 Å². The minimum absolute atomic E-state index is 0.325. The lowest BCUT2D eigenvalue weighted by Crippen LogP contribution is -2.17. The largest absolute Gasteiger partial charge is 0.462 e. The number of halogens is 1. The van der Waals surface area contributed by atoms with Crippen LogP contribution < -0.4 is 4.90 Å². The molecule has 4 nitrogen and oxygen atoms in total. The third-order valence-electron chi connectivity index (χ3n) is 3.09. The van der Waals surface area contributed by atoms with Gasteiger partial charge in [0.2, 0.25) is 0 Å². The number of fused-ring (bicyclic) bond motifs is 1. The number of pyridine rings is 1. The van der Waals surface area contributed by atoms with Gasteiger partial charge in [0.25, 0.3) is 0 Å². The first-order valence-electron chi connectivity index (χ1n) is 6.39. The van der Waals surface area contributed by atoms with E-state index in [-0.39, 0.29) is 5.97 Å². The highest BCUT2D eigenvalue weighted by atomic mass is 35.5. The van der Waals surface area contributed by atoms with Gasteiger partial charge in [0.05, 0.1) is 22.8 Å². The van der Waals surface area contributed by atoms with E-state index in [1.807, 2.05) is 38.1 Å². The molecule has 0 unspecified atom stereocenters. The number of aryl methyl sites for hydroxylation is 1. The lowest BCUT2D eigenvalue weighted by molar-refractivity contribution is 0.0527. The molecule has 0 N–H and O–H groups in total. The van der Waals surface area contributed by atoms with E-state index in [0.29, 0.717) is 17.2 Å². The molecule has 0 saturated carbocycles. The molecule has 0 spiro atoms. The van der Waals surface area contributed by atoms with Gasteiger partial charge >= 0.3 is 5.97 Å². The molecule has 0 bridgehead atoms. The van der Waals surface area contributed by atoms with E-state index in [9.17, 15) is 4.79 Å². The summed E-state index contributed by atoms with van der Waals surface area (Å²) in [5.74, 6) is -0.386. The molecule has 0 fully saturated rings. The second-order valence-corrected chi connectivity index (χ2v) is 5.13. The first kappa shape index (κ1) is 14.6. The number of anilines is 1. The van der Waals surface area contributed by atoms with Crippen molar-refractivity contribution in [2.75, 3.05) is 25.6 Å². The highest BCUT2D eigenvalue weighted by Crippen LogP contribution is 2.35. The Morgan fingerprint density at radius 3 is 2.70 bits per heavy atom. The lowest BCUT2D eigenvalue weighted by Gasteiger charge is -2.20. The third kappa shape index (κ3) is 2.43. The summed E-state index contributed by atoms with van der Waals surface area (Å²) in [5.41, 5.74) is 2.98. The molecule has 20 heavy (non-hydrogen) atoms. The van der Waals surface area contributed by atoms with Gasteiger partial charge in [0, 0.05) is 25.7 Å². The Balaban J connectivity index is 2.82. The van der Waals surface area contributed by atoms with Crippen LogP contribution in [-0.4, -0.2) is 31.7 Å². The van der Waals surface area contributed by atoms with Crippen molar-refractivity contribution in [1.29, 1.82) is 0 Å². The zero-order chi connectivity index (χ0) is 14.9. The molecule has 0 aliphatic heterocycles. The average molecular weight is 293 g/mol. The summed E-state index contributed by atoms with van der Waals surface area (Å²) >= 11 is 6.31. The number of ether oxygens (including phenoxy) is 1. The number of aromatic nitrogens is 1. The molecule has 1 heterocycles. The molecule has 0 aliphatic carbocycles. The van der Waals surface area contributed by atoms with Crippen LogP contribution in [-0.2, 0) is 4.74 Å². The molecule has 1 aromatic heterocycles. The summed E-state index contributed by atoms with van der Waals surface area (Å²) in [7, 11) is 3.74. The first-order chi connectivity index (χ1) is 9.47. The van der Waals surface area contributed by atoms with Crippen LogP contribution in [0.15, 0.2) is 18.3 Å². The Hall–Kier alpha value is -1.81. The van der Waals surface area contributed by atoms with E-state index >= 15 is 0 Å². The first-order valence-corrected chi connectivity index (χ1v) is 6.77. The fourth-order valence-corrected chi connectivity index (χ4v) is 2.45. The highest BCUT2D eigenvalue weighted by molar-refractivity contribution is 6.37. The van der Waals surface area contributed by atoms with Gasteiger partial charge in [0.15, 0.2) is 0 Å². The molecule has 2 aromatic rings. The van der Waals surface area contributed by atoms with Crippen LogP contribution in [0.1, 0.15) is 22.8 Å². The van der Waals surface area contributed by atoms with Gasteiger partial charge in [-0.25, -0.2) is 4.79 Å². The van der Waals surface area contributed by atoms with Gasteiger partial charge in [-0.3, -0.25) is 4.98 Å². The average Bonchev–Trinajstić information content (AvgIpc) is 2.41. The van der Waals surface area contributed by atoms with E-state index in [2.05, 4.69) is 4.98 Å². The van der Waals surface area contributed by atoms with Crippen molar-refractivity contribution in [3.05, 3.63) is 34.5 Å². The molecule has 106 valence electrons. The molecule has 0 atom stereocenters. The van der Waals surface area contributed by atoms with Crippen molar-refractivity contribution in [3.63, 3.8) is 0 Å². The summed E-state index contributed by atoms with van der Waals surface area (Å²) < 4.78 is 5.09. The normalized spacial score (nSPS) is 10.7. The molecular weight excluding hydrogens is 276 g/mol. The van der Waals surface area contributed by atoms with Crippen molar-refractivity contribution < 1.29 is 9.53 Å².